The molecule has 2 aromatic rings. The Morgan fingerprint density at radius 1 is 1.14 bits per heavy atom. The molecule has 0 aromatic heterocycles. The van der Waals surface area contributed by atoms with E-state index in [0.29, 0.717) is 12.0 Å². The minimum Gasteiger partial charge on any atom is -0.486 e. The minimum absolute atomic E-state index is 0.0954. The average Bonchev–Trinajstić information content (AvgIpc) is 2.54. The summed E-state index contributed by atoms with van der Waals surface area (Å²) in [5.74, 6) is -0.391. The predicted molar refractivity (Wildman–Crippen MR) is 84.5 cm³/mol. The second-order valence-corrected chi connectivity index (χ2v) is 5.71. The highest BCUT2D eigenvalue weighted by Gasteiger charge is 2.07. The van der Waals surface area contributed by atoms with Crippen LogP contribution in [0.3, 0.4) is 0 Å². The highest BCUT2D eigenvalue weighted by atomic mass is 32.2. The standard InChI is InChI=1S/C17H16F2O2S/c1-22-9-8-16(20)13-4-2-12(3-5-13)11-21-17-10-14(18)6-7-15(17)19/h2-7,10H,8-9,11H2,1H3. The van der Waals surface area contributed by atoms with Crippen molar-refractivity contribution in [1.82, 2.24) is 0 Å². The number of hydrogen-bond donors (Lipinski definition) is 0. The van der Waals surface area contributed by atoms with Crippen molar-refractivity contribution in [3.8, 4) is 5.75 Å². The van der Waals surface area contributed by atoms with Crippen LogP contribution in [0.15, 0.2) is 42.5 Å². The summed E-state index contributed by atoms with van der Waals surface area (Å²) in [6, 6.07) is 10.0. The fraction of sp³-hybridized carbons (Fsp3) is 0.235. The lowest BCUT2D eigenvalue weighted by Gasteiger charge is -2.08. The highest BCUT2D eigenvalue weighted by Crippen LogP contribution is 2.19. The van der Waals surface area contributed by atoms with Crippen LogP contribution in [0.5, 0.6) is 5.75 Å². The molecule has 2 aromatic carbocycles. The van der Waals surface area contributed by atoms with Crippen molar-refractivity contribution in [2.45, 2.75) is 13.0 Å². The van der Waals surface area contributed by atoms with E-state index >= 15 is 0 Å². The molecular formula is C17H16F2O2S. The number of Topliss-reactive ketones (excluding diaryl/α,β-unsaturated/α-hetero) is 1. The lowest BCUT2D eigenvalue weighted by atomic mass is 10.1. The van der Waals surface area contributed by atoms with E-state index in [-0.39, 0.29) is 18.1 Å². The molecule has 0 fully saturated rings. The van der Waals surface area contributed by atoms with Crippen molar-refractivity contribution < 1.29 is 18.3 Å². The molecule has 0 atom stereocenters. The van der Waals surface area contributed by atoms with Crippen LogP contribution in [-0.2, 0) is 6.61 Å². The van der Waals surface area contributed by atoms with Crippen LogP contribution in [0.4, 0.5) is 8.78 Å². The van der Waals surface area contributed by atoms with Crippen LogP contribution in [0, 0.1) is 11.6 Å². The number of carbonyl (C=O) groups is 1. The van der Waals surface area contributed by atoms with Crippen LogP contribution < -0.4 is 4.74 Å². The zero-order valence-corrected chi connectivity index (χ0v) is 13.0. The van der Waals surface area contributed by atoms with Gasteiger partial charge in [0.05, 0.1) is 0 Å². The highest BCUT2D eigenvalue weighted by molar-refractivity contribution is 7.98. The summed E-state index contributed by atoms with van der Waals surface area (Å²) >= 11 is 1.63. The molecule has 116 valence electrons. The first-order valence-corrected chi connectivity index (χ1v) is 8.18. The van der Waals surface area contributed by atoms with E-state index in [2.05, 4.69) is 0 Å². The SMILES string of the molecule is CSCCC(=O)c1ccc(COc2cc(F)ccc2F)cc1. The summed E-state index contributed by atoms with van der Waals surface area (Å²) < 4.78 is 31.7. The molecule has 0 saturated carbocycles. The van der Waals surface area contributed by atoms with Gasteiger partial charge in [0.1, 0.15) is 12.4 Å². The number of benzene rings is 2. The fourth-order valence-corrected chi connectivity index (χ4v) is 2.26. The molecule has 0 radical (unpaired) electrons. The number of ketones is 1. The minimum atomic E-state index is -0.606. The van der Waals surface area contributed by atoms with Gasteiger partial charge in [-0.1, -0.05) is 24.3 Å². The van der Waals surface area contributed by atoms with Crippen molar-refractivity contribution in [3.63, 3.8) is 0 Å². The maximum Gasteiger partial charge on any atom is 0.165 e. The largest absolute Gasteiger partial charge is 0.486 e. The quantitative estimate of drug-likeness (QED) is 0.703. The van der Waals surface area contributed by atoms with Gasteiger partial charge >= 0.3 is 0 Å². The molecule has 0 aliphatic rings. The summed E-state index contributed by atoms with van der Waals surface area (Å²) in [5.41, 5.74) is 1.43. The first kappa shape index (κ1) is 16.5. The Labute approximate surface area is 132 Å². The number of halogens is 2. The van der Waals surface area contributed by atoms with Gasteiger partial charge in [-0.05, 0) is 24.0 Å². The van der Waals surface area contributed by atoms with Crippen molar-refractivity contribution >= 4 is 17.5 Å². The first-order valence-electron chi connectivity index (χ1n) is 6.79. The molecule has 0 amide bonds. The second-order valence-electron chi connectivity index (χ2n) is 4.73. The third-order valence-electron chi connectivity index (χ3n) is 3.10. The maximum absolute atomic E-state index is 13.4. The Kier molecular flexibility index (Phi) is 5.95. The zero-order valence-electron chi connectivity index (χ0n) is 12.1. The molecule has 22 heavy (non-hydrogen) atoms. The lowest BCUT2D eigenvalue weighted by molar-refractivity contribution is 0.0989. The first-order chi connectivity index (χ1) is 10.6. The Morgan fingerprint density at radius 3 is 2.55 bits per heavy atom. The third kappa shape index (κ3) is 4.56. The molecule has 0 aliphatic carbocycles. The van der Waals surface area contributed by atoms with Gasteiger partial charge in [0.15, 0.2) is 17.3 Å². The molecule has 0 N–H and O–H groups in total. The van der Waals surface area contributed by atoms with Gasteiger partial charge in [-0.25, -0.2) is 8.78 Å². The molecule has 0 saturated heterocycles. The van der Waals surface area contributed by atoms with Crippen molar-refractivity contribution in [3.05, 3.63) is 65.2 Å². The number of thioether (sulfide) groups is 1. The van der Waals surface area contributed by atoms with Crippen LogP contribution in [0.1, 0.15) is 22.3 Å². The molecule has 5 heteroatoms. The van der Waals surface area contributed by atoms with Crippen LogP contribution in [-0.4, -0.2) is 17.8 Å². The topological polar surface area (TPSA) is 26.3 Å². The number of hydrogen-bond acceptors (Lipinski definition) is 3. The van der Waals surface area contributed by atoms with E-state index in [1.54, 1.807) is 36.0 Å². The Balaban J connectivity index is 1.96. The third-order valence-corrected chi connectivity index (χ3v) is 3.71. The van der Waals surface area contributed by atoms with Gasteiger partial charge < -0.3 is 4.74 Å². The molecule has 0 heterocycles. The molecular weight excluding hydrogens is 306 g/mol. The molecule has 2 nitrogen and oxygen atoms in total. The molecule has 2 rings (SSSR count). The van der Waals surface area contributed by atoms with Gasteiger partial charge in [0.25, 0.3) is 0 Å². The molecule has 0 spiro atoms. The molecule has 0 aliphatic heterocycles. The Hall–Kier alpha value is -1.88. The van der Waals surface area contributed by atoms with E-state index in [0.717, 1.165) is 29.5 Å². The second kappa shape index (κ2) is 7.94. The van der Waals surface area contributed by atoms with Crippen LogP contribution in [0.2, 0.25) is 0 Å². The Morgan fingerprint density at radius 2 is 1.86 bits per heavy atom. The van der Waals surface area contributed by atoms with E-state index in [1.807, 2.05) is 6.26 Å². The van der Waals surface area contributed by atoms with Gasteiger partial charge in [-0.15, -0.1) is 0 Å². The van der Waals surface area contributed by atoms with Crippen molar-refractivity contribution in [2.24, 2.45) is 0 Å². The van der Waals surface area contributed by atoms with Gasteiger partial charge in [0.2, 0.25) is 0 Å². The summed E-state index contributed by atoms with van der Waals surface area (Å²) in [6.45, 7) is 0.111. The fourth-order valence-electron chi connectivity index (χ4n) is 1.87. The molecule has 0 unspecified atom stereocenters. The van der Waals surface area contributed by atoms with Gasteiger partial charge in [-0.3, -0.25) is 4.79 Å². The smallest absolute Gasteiger partial charge is 0.165 e. The van der Waals surface area contributed by atoms with E-state index in [4.69, 9.17) is 4.74 Å². The van der Waals surface area contributed by atoms with Gasteiger partial charge in [0, 0.05) is 23.8 Å². The average molecular weight is 322 g/mol. The Bertz CT molecular complexity index is 642. The van der Waals surface area contributed by atoms with E-state index in [9.17, 15) is 13.6 Å². The number of rotatable bonds is 7. The summed E-state index contributed by atoms with van der Waals surface area (Å²) in [5, 5.41) is 0. The van der Waals surface area contributed by atoms with Crippen LogP contribution in [0.25, 0.3) is 0 Å². The number of ether oxygens (including phenoxy) is 1. The summed E-state index contributed by atoms with van der Waals surface area (Å²) in [7, 11) is 0. The van der Waals surface area contributed by atoms with Gasteiger partial charge in [-0.2, -0.15) is 11.8 Å². The monoisotopic (exact) mass is 322 g/mol. The summed E-state index contributed by atoms with van der Waals surface area (Å²) in [6.07, 6.45) is 2.46. The van der Waals surface area contributed by atoms with Crippen LogP contribution >= 0.6 is 11.8 Å². The normalized spacial score (nSPS) is 10.5. The zero-order chi connectivity index (χ0) is 15.9. The lowest BCUT2D eigenvalue weighted by Crippen LogP contribution is -2.02. The predicted octanol–water partition coefficient (Wildman–Crippen LogP) is 4.48. The van der Waals surface area contributed by atoms with Crippen molar-refractivity contribution in [2.75, 3.05) is 12.0 Å². The molecule has 0 bridgehead atoms. The van der Waals surface area contributed by atoms with E-state index < -0.39 is 11.6 Å². The van der Waals surface area contributed by atoms with Crippen molar-refractivity contribution in [1.29, 1.82) is 0 Å². The summed E-state index contributed by atoms with van der Waals surface area (Å²) in [4.78, 5) is 11.8. The van der Waals surface area contributed by atoms with E-state index in [1.165, 1.54) is 0 Å². The maximum atomic E-state index is 13.4. The number of carbonyl (C=O) groups excluding carboxylic acids is 1.